The van der Waals surface area contributed by atoms with E-state index in [4.69, 9.17) is 11.5 Å². The maximum Gasteiger partial charge on any atom is 0.327 e. The number of benzene rings is 3. The number of H-pyrrole nitrogens is 2. The number of nitrogens with one attached hydrogen (secondary N) is 12. The second-order valence-electron chi connectivity index (χ2n) is 25.0. The summed E-state index contributed by atoms with van der Waals surface area (Å²) in [6.07, 6.45) is 1.45. The number of phenols is 2. The van der Waals surface area contributed by atoms with Gasteiger partial charge in [0.2, 0.25) is 65.0 Å². The van der Waals surface area contributed by atoms with E-state index in [9.17, 15) is 87.9 Å². The van der Waals surface area contributed by atoms with E-state index in [0.717, 1.165) is 0 Å². The Morgan fingerprint density at radius 3 is 1.43 bits per heavy atom. The van der Waals surface area contributed by atoms with E-state index in [1.54, 1.807) is 71.0 Å². The van der Waals surface area contributed by atoms with Gasteiger partial charge in [-0.15, -0.1) is 0 Å². The molecule has 2 aromatic heterocycles. The van der Waals surface area contributed by atoms with Crippen molar-refractivity contribution in [3.8, 4) is 11.5 Å². The van der Waals surface area contributed by atoms with Crippen LogP contribution in [-0.2, 0) is 88.0 Å². The maximum atomic E-state index is 14.8. The lowest BCUT2D eigenvalue weighted by Gasteiger charge is -2.30. The van der Waals surface area contributed by atoms with Crippen LogP contribution in [0.4, 0.5) is 0 Å². The van der Waals surface area contributed by atoms with Crippen molar-refractivity contribution >= 4 is 100 Å². The molecular weight excluding hydrogens is 1330 g/mol. The topological polar surface area (TPSA) is 540 Å². The van der Waals surface area contributed by atoms with Crippen LogP contribution in [0.2, 0.25) is 0 Å². The Labute approximate surface area is 586 Å². The van der Waals surface area contributed by atoms with Gasteiger partial charge in [-0.25, -0.2) is 9.78 Å². The highest BCUT2D eigenvalue weighted by Gasteiger charge is 2.39. The van der Waals surface area contributed by atoms with Crippen LogP contribution in [0.15, 0.2) is 91.5 Å². The number of carbonyl (C=O) groups excluding carboxylic acids is 11. The Hall–Kier alpha value is -10.6. The number of aromatic amines is 2. The number of aliphatic hydroxyl groups is 1. The molecule has 0 radical (unpaired) electrons. The van der Waals surface area contributed by atoms with Crippen LogP contribution in [0.3, 0.4) is 0 Å². The van der Waals surface area contributed by atoms with Crippen molar-refractivity contribution < 1.29 is 87.9 Å². The summed E-state index contributed by atoms with van der Waals surface area (Å²) in [5.41, 5.74) is 13.9. The van der Waals surface area contributed by atoms with Crippen molar-refractivity contribution in [2.75, 3.05) is 12.4 Å². The average Bonchev–Trinajstić information content (AvgIpc) is 1.75. The number of hydrogen-bond donors (Lipinski definition) is 20. The molecule has 3 aromatic carbocycles. The fraction of sp³-hybridized carbons (Fsp3) is 0.463. The highest BCUT2D eigenvalue weighted by molar-refractivity contribution is 7.80. The Morgan fingerprint density at radius 1 is 0.505 bits per heavy atom. The van der Waals surface area contributed by atoms with Gasteiger partial charge in [0, 0.05) is 60.4 Å². The molecule has 0 aliphatic carbocycles. The number of phenolic OH excluding ortho intramolecular Hbond substituents is 2. The molecule has 0 saturated carbocycles. The van der Waals surface area contributed by atoms with Crippen LogP contribution in [0.25, 0.3) is 10.9 Å². The summed E-state index contributed by atoms with van der Waals surface area (Å²) in [5, 5.41) is 75.5. The van der Waals surface area contributed by atoms with Crippen molar-refractivity contribution in [2.45, 2.75) is 166 Å². The van der Waals surface area contributed by atoms with Crippen LogP contribution < -0.4 is 64.6 Å². The predicted molar refractivity (Wildman–Crippen MR) is 368 cm³/mol. The van der Waals surface area contributed by atoms with Gasteiger partial charge in [0.15, 0.2) is 0 Å². The number of carboxylic acids is 2. The standard InChI is InChI=1S/C67H91N15O18S/c1-7-34(5)55(69)65(97)78-46(23-37-15-19-41(85)20-16-37)63(95)82-56(35(6)8-2)66(98)79-48(25-39-29-70-32-72-39)60(92)74-45(22-36-13-17-40(84)18-14-36)58(90)77-50(27-54(87)88)62(94)76-49(26-53(68)86)61(93)75-47(24-38-28-71-43-12-10-9-11-42(38)43)59(91)80-51(30-83)64(96)73-44(21-33(3)4)57(89)81-52(31-101)67(99)100/h9-20,28-29,32-35,44-52,55-56,71,83-85,101H,7-8,21-27,30-31,69H2,1-6H3,(H2,68,86)(H,70,72)(H,73,96)(H,74,92)(H,75,93)(H,76,94)(H,77,90)(H,78,97)(H,79,98)(H,80,91)(H,81,89)(H,82,95)(H,87,88)(H,99,100)/t34-,35-,44-,45-,46-,47-,48-,49-,50-,51-,52-,55-,56-/m0/s1. The summed E-state index contributed by atoms with van der Waals surface area (Å²) in [7, 11) is 0. The van der Waals surface area contributed by atoms with Crippen molar-refractivity contribution in [1.29, 1.82) is 0 Å². The number of para-hydroxylation sites is 1. The SMILES string of the molecule is CC[C@H](C)[C@H](N)C(=O)N[C@@H](Cc1ccc(O)cc1)C(=O)N[C@H](C(=O)N[C@@H](Cc1cnc[nH]1)C(=O)N[C@@H](Cc1ccc(O)cc1)C(=O)N[C@@H](CC(=O)O)C(=O)N[C@@H](CC(N)=O)C(=O)N[C@@H](Cc1c[nH]c2ccccc12)C(=O)N[C@@H](CO)C(=O)N[C@@H](CC(C)C)C(=O)N[C@@H](CS)C(=O)O)[C@@H](C)CC. The van der Waals surface area contributed by atoms with Gasteiger partial charge in [-0.2, -0.15) is 12.6 Å². The van der Waals surface area contributed by atoms with E-state index < -0.39 is 175 Å². The van der Waals surface area contributed by atoms with E-state index in [0.29, 0.717) is 28.5 Å². The number of carbonyl (C=O) groups is 13. The molecule has 11 amide bonds. The third-order valence-corrected chi connectivity index (χ3v) is 17.1. The highest BCUT2D eigenvalue weighted by Crippen LogP contribution is 2.21. The van der Waals surface area contributed by atoms with Gasteiger partial charge in [-0.3, -0.25) is 57.5 Å². The third-order valence-electron chi connectivity index (χ3n) is 16.7. The minimum absolute atomic E-state index is 0.0321. The molecule has 0 bridgehead atoms. The van der Waals surface area contributed by atoms with Gasteiger partial charge >= 0.3 is 11.9 Å². The molecule has 0 fully saturated rings. The molecule has 5 rings (SSSR count). The number of aromatic nitrogens is 3. The van der Waals surface area contributed by atoms with E-state index >= 15 is 0 Å². The molecule has 5 aromatic rings. The predicted octanol–water partition coefficient (Wildman–Crippen LogP) is -1.76. The summed E-state index contributed by atoms with van der Waals surface area (Å²) in [5.74, 6) is -16.6. The molecule has 101 heavy (non-hydrogen) atoms. The Morgan fingerprint density at radius 2 is 0.941 bits per heavy atom. The lowest BCUT2D eigenvalue weighted by molar-refractivity contribution is -0.142. The van der Waals surface area contributed by atoms with E-state index in [2.05, 4.69) is 80.7 Å². The lowest BCUT2D eigenvalue weighted by atomic mass is 9.95. The Kier molecular flexibility index (Phi) is 31.5. The quantitative estimate of drug-likeness (QED) is 0.0193. The van der Waals surface area contributed by atoms with Crippen LogP contribution >= 0.6 is 12.6 Å². The van der Waals surface area contributed by atoms with Crippen LogP contribution in [0, 0.1) is 17.8 Å². The fourth-order valence-corrected chi connectivity index (χ4v) is 10.7. The number of primary amides is 1. The van der Waals surface area contributed by atoms with Gasteiger partial charge < -0.3 is 100 Å². The number of aromatic hydroxyl groups is 2. The molecule has 0 spiro atoms. The van der Waals surface area contributed by atoms with Crippen molar-refractivity contribution in [3.63, 3.8) is 0 Å². The number of imidazole rings is 1. The van der Waals surface area contributed by atoms with Crippen LogP contribution in [0.1, 0.15) is 96.0 Å². The largest absolute Gasteiger partial charge is 0.508 e. The molecular formula is C67H91N15O18S. The zero-order valence-electron chi connectivity index (χ0n) is 56.6. The van der Waals surface area contributed by atoms with Crippen molar-refractivity contribution in [1.82, 2.24) is 68.1 Å². The average molecular weight is 1430 g/mol. The Bertz CT molecular complexity index is 3690. The van der Waals surface area contributed by atoms with E-state index in [1.165, 1.54) is 55.1 Å². The molecule has 21 N–H and O–H groups in total. The first kappa shape index (κ1) is 81.1. The summed E-state index contributed by atoms with van der Waals surface area (Å²) in [6, 6.07) is 0.233. The van der Waals surface area contributed by atoms with E-state index in [1.807, 2.05) is 6.92 Å². The minimum Gasteiger partial charge on any atom is -0.508 e. The second-order valence-corrected chi connectivity index (χ2v) is 25.4. The van der Waals surface area contributed by atoms with Crippen molar-refractivity contribution in [3.05, 3.63) is 114 Å². The zero-order valence-corrected chi connectivity index (χ0v) is 57.5. The van der Waals surface area contributed by atoms with E-state index in [-0.39, 0.29) is 72.4 Å². The molecule has 33 nitrogen and oxygen atoms in total. The van der Waals surface area contributed by atoms with Gasteiger partial charge in [0.25, 0.3) is 0 Å². The van der Waals surface area contributed by atoms with Crippen LogP contribution in [0.5, 0.6) is 11.5 Å². The smallest absolute Gasteiger partial charge is 0.327 e. The number of amides is 11. The fourth-order valence-electron chi connectivity index (χ4n) is 10.5. The molecule has 0 saturated heterocycles. The summed E-state index contributed by atoms with van der Waals surface area (Å²) >= 11 is 3.96. The van der Waals surface area contributed by atoms with Gasteiger partial charge in [-0.1, -0.05) is 96.8 Å². The Balaban J connectivity index is 1.44. The maximum absolute atomic E-state index is 14.8. The minimum atomic E-state index is -2.14. The number of carboxylic acid groups (broad SMARTS) is 2. The second kappa shape index (κ2) is 39.3. The lowest BCUT2D eigenvalue weighted by Crippen LogP contribution is -2.62. The number of nitrogens with two attached hydrogens (primary N) is 2. The molecule has 2 heterocycles. The normalized spacial score (nSPS) is 15.1. The highest BCUT2D eigenvalue weighted by atomic mass is 32.1. The molecule has 34 heteroatoms. The van der Waals surface area contributed by atoms with Gasteiger partial charge in [0.05, 0.1) is 31.8 Å². The molecule has 0 aliphatic heterocycles. The number of hydrogen-bond acceptors (Lipinski definition) is 19. The van der Waals surface area contributed by atoms with Crippen LogP contribution in [-0.4, -0.2) is 196 Å². The summed E-state index contributed by atoms with van der Waals surface area (Å²) < 4.78 is 0. The number of nitrogens with zero attached hydrogens (tertiary/aromatic N) is 1. The first-order valence-electron chi connectivity index (χ1n) is 32.7. The molecule has 0 unspecified atom stereocenters. The van der Waals surface area contributed by atoms with Gasteiger partial charge in [0.1, 0.15) is 71.9 Å². The monoisotopic (exact) mass is 1430 g/mol. The molecule has 548 valence electrons. The van der Waals surface area contributed by atoms with Crippen molar-refractivity contribution in [2.24, 2.45) is 29.2 Å². The number of aliphatic hydroxyl groups excluding tert-OH is 1. The summed E-state index contributed by atoms with van der Waals surface area (Å²) in [6.45, 7) is 9.32. The number of rotatable bonds is 41. The number of aliphatic carboxylic acids is 2. The first-order valence-corrected chi connectivity index (χ1v) is 33.3. The van der Waals surface area contributed by atoms with Gasteiger partial charge in [-0.05, 0) is 71.2 Å². The number of thiol groups is 1. The number of fused-ring (bicyclic) bond motifs is 1. The third kappa shape index (κ3) is 25.3. The first-order chi connectivity index (χ1) is 47.8. The molecule has 0 aliphatic rings. The molecule has 13 atom stereocenters. The zero-order chi connectivity index (χ0) is 74.8. The summed E-state index contributed by atoms with van der Waals surface area (Å²) in [4.78, 5) is 190.